The average molecular weight is 725 g/mol. The fourth-order valence-corrected chi connectivity index (χ4v) is 8.54. The van der Waals surface area contributed by atoms with Crippen molar-refractivity contribution in [3.8, 4) is 11.5 Å². The summed E-state index contributed by atoms with van der Waals surface area (Å²) in [5, 5.41) is -0.0210. The summed E-state index contributed by atoms with van der Waals surface area (Å²) in [6, 6.07) is 3.46. The van der Waals surface area contributed by atoms with Gasteiger partial charge >= 0.3 is 5.97 Å². The number of fused-ring (bicyclic) bond motifs is 1. The zero-order valence-corrected chi connectivity index (χ0v) is 34.9. The molecule has 0 radical (unpaired) electrons. The Hall–Kier alpha value is -1.81. The molecule has 1 saturated heterocycles. The molecule has 3 rings (SSSR count). The van der Waals surface area contributed by atoms with Crippen molar-refractivity contribution in [2.45, 2.75) is 167 Å². The second kappa shape index (κ2) is 15.8. The van der Waals surface area contributed by atoms with E-state index in [4.69, 9.17) is 37.3 Å². The molecule has 0 bridgehead atoms. The van der Waals surface area contributed by atoms with Crippen LogP contribution in [0.1, 0.15) is 117 Å². The minimum atomic E-state index is -2.43. The number of ether oxygens (including phenoxy) is 6. The fraction of sp³-hybridized carbons (Fsp3) is 0.784. The van der Waals surface area contributed by atoms with Gasteiger partial charge in [-0.25, -0.2) is 4.79 Å². The van der Waals surface area contributed by atoms with Crippen molar-refractivity contribution >= 4 is 28.4 Å². The van der Waals surface area contributed by atoms with E-state index < -0.39 is 52.8 Å². The minimum Gasteiger partial charge on any atom is -0.497 e. The maximum absolute atomic E-state index is 13.8. The van der Waals surface area contributed by atoms with Crippen LogP contribution >= 0.6 is 0 Å². The first-order chi connectivity index (χ1) is 22.4. The van der Waals surface area contributed by atoms with Crippen molar-refractivity contribution in [3.05, 3.63) is 23.3 Å². The van der Waals surface area contributed by atoms with Gasteiger partial charge in [0.15, 0.2) is 41.1 Å². The molecule has 5 atom stereocenters. The van der Waals surface area contributed by atoms with Gasteiger partial charge in [-0.1, -0.05) is 41.5 Å². The van der Waals surface area contributed by atoms with E-state index in [9.17, 15) is 9.59 Å². The van der Waals surface area contributed by atoms with Crippen LogP contribution in [0.5, 0.6) is 11.5 Å². The number of carbonyl (C=O) groups is 2. The van der Waals surface area contributed by atoms with Gasteiger partial charge in [0.25, 0.3) is 0 Å². The number of rotatable bonds is 17. The lowest BCUT2D eigenvalue weighted by Gasteiger charge is -2.41. The number of methoxy groups -OCH3 is 1. The Labute approximate surface area is 297 Å². The molecule has 0 amide bonds. The Balaban J connectivity index is 1.90. The van der Waals surface area contributed by atoms with Crippen LogP contribution in [-0.4, -0.2) is 79.1 Å². The molecular formula is C37H64O10Si2. The van der Waals surface area contributed by atoms with Crippen LogP contribution in [0.2, 0.25) is 36.3 Å². The normalized spacial score (nSPS) is 22.4. The summed E-state index contributed by atoms with van der Waals surface area (Å²) < 4.78 is 49.2. The number of benzene rings is 1. The lowest BCUT2D eigenvalue weighted by molar-refractivity contribution is -0.156. The zero-order chi connectivity index (χ0) is 37.2. The third kappa shape index (κ3) is 10.4. The van der Waals surface area contributed by atoms with E-state index in [-0.39, 0.29) is 35.2 Å². The van der Waals surface area contributed by atoms with E-state index in [2.05, 4.69) is 74.7 Å². The molecular weight excluding hydrogens is 661 g/mol. The van der Waals surface area contributed by atoms with Gasteiger partial charge in [0.2, 0.25) is 0 Å². The maximum Gasteiger partial charge on any atom is 0.343 e. The highest BCUT2D eigenvalue weighted by molar-refractivity contribution is 6.74. The molecule has 0 spiro atoms. The molecule has 0 N–H and O–H groups in total. The van der Waals surface area contributed by atoms with Crippen molar-refractivity contribution in [3.63, 3.8) is 0 Å². The quantitative estimate of drug-likeness (QED) is 0.0670. The molecule has 10 nitrogen and oxygen atoms in total. The van der Waals surface area contributed by atoms with E-state index in [1.807, 2.05) is 20.8 Å². The fourth-order valence-electron chi connectivity index (χ4n) is 5.73. The second-order valence-electron chi connectivity index (χ2n) is 17.0. The third-order valence-electron chi connectivity index (χ3n) is 10.5. The molecule has 280 valence electrons. The van der Waals surface area contributed by atoms with Crippen molar-refractivity contribution in [2.24, 2.45) is 0 Å². The lowest BCUT2D eigenvalue weighted by atomic mass is 9.94. The van der Waals surface area contributed by atoms with Gasteiger partial charge in [-0.05, 0) is 82.9 Å². The summed E-state index contributed by atoms with van der Waals surface area (Å²) >= 11 is 0. The van der Waals surface area contributed by atoms with Crippen LogP contribution in [0.4, 0.5) is 0 Å². The second-order valence-corrected chi connectivity index (χ2v) is 26.5. The summed E-state index contributed by atoms with van der Waals surface area (Å²) in [4.78, 5) is 27.3. The Morgan fingerprint density at radius 3 is 2.16 bits per heavy atom. The number of carbonyl (C=O) groups excluding carboxylic acids is 2. The van der Waals surface area contributed by atoms with E-state index in [0.717, 1.165) is 6.42 Å². The van der Waals surface area contributed by atoms with Gasteiger partial charge in [0, 0.05) is 37.2 Å². The van der Waals surface area contributed by atoms with Crippen molar-refractivity contribution in [1.29, 1.82) is 0 Å². The highest BCUT2D eigenvalue weighted by Crippen LogP contribution is 2.47. The molecule has 0 saturated carbocycles. The summed E-state index contributed by atoms with van der Waals surface area (Å²) in [6.45, 7) is 30.0. The average Bonchev–Trinajstić information content (AvgIpc) is 3.45. The van der Waals surface area contributed by atoms with Gasteiger partial charge < -0.3 is 37.3 Å². The number of hydrogen-bond donors (Lipinski definition) is 0. The van der Waals surface area contributed by atoms with Crippen LogP contribution in [0.25, 0.3) is 0 Å². The van der Waals surface area contributed by atoms with Crippen molar-refractivity contribution in [1.82, 2.24) is 0 Å². The first-order valence-electron chi connectivity index (χ1n) is 17.8. The number of hydrogen-bond acceptors (Lipinski definition) is 10. The van der Waals surface area contributed by atoms with E-state index in [1.165, 1.54) is 0 Å². The van der Waals surface area contributed by atoms with Crippen LogP contribution in [0, 0.1) is 0 Å². The predicted molar refractivity (Wildman–Crippen MR) is 195 cm³/mol. The number of ketones is 1. The Morgan fingerprint density at radius 2 is 1.59 bits per heavy atom. The summed E-state index contributed by atoms with van der Waals surface area (Å²) in [5.41, 5.74) is 0.927. The number of cyclic esters (lactones) is 1. The number of Topliss-reactive ketones (excluding diaryl/α,β-unsaturated/α-hetero) is 1. The van der Waals surface area contributed by atoms with Crippen LogP contribution in [-0.2, 0) is 32.6 Å². The lowest BCUT2D eigenvalue weighted by Crippen LogP contribution is -2.47. The summed E-state index contributed by atoms with van der Waals surface area (Å²) in [7, 11) is -2.78. The topological polar surface area (TPSA) is 108 Å². The van der Waals surface area contributed by atoms with E-state index >= 15 is 0 Å². The number of esters is 1. The Kier molecular flexibility index (Phi) is 13.4. The molecule has 1 aromatic rings. The Bertz CT molecular complexity index is 1300. The minimum absolute atomic E-state index is 0.0155. The molecule has 12 heteroatoms. The first-order valence-corrected chi connectivity index (χ1v) is 23.6. The van der Waals surface area contributed by atoms with Crippen LogP contribution < -0.4 is 9.47 Å². The standard InChI is InChI=1S/C37H64O10Si2/c1-16-41-23-42-28-21-25(40-11)20-26-31(28)34(39)43-32(26)30(47-49(14,15)36(6,7)8)22-29-33(45-37(9,10)44-29)27(38)19-17-18-24(2)46-48(12,13)35(3,4)5/h20-21,24,29-30,32-33H,16-19,22-23H2,1-15H3/t24-,29-,30+,32-,33+/m0/s1. The van der Waals surface area contributed by atoms with E-state index in [1.54, 1.807) is 19.2 Å². The van der Waals surface area contributed by atoms with Crippen molar-refractivity contribution in [2.75, 3.05) is 20.5 Å². The molecule has 1 aromatic carbocycles. The van der Waals surface area contributed by atoms with Crippen LogP contribution in [0.15, 0.2) is 12.1 Å². The SMILES string of the molecule is CCOCOc1cc(OC)cc2c1C(=O)O[C@@H]2[C@@H](C[C@@H]1OC(C)(C)O[C@@H]1C(=O)CCC[C@H](C)O[Si](C)(C)C(C)(C)C)O[Si](C)(C)C(C)(C)C. The van der Waals surface area contributed by atoms with Gasteiger partial charge in [0.05, 0.1) is 19.3 Å². The molecule has 2 aliphatic heterocycles. The zero-order valence-electron chi connectivity index (χ0n) is 32.9. The first kappa shape index (κ1) is 41.6. The highest BCUT2D eigenvalue weighted by Gasteiger charge is 2.51. The highest BCUT2D eigenvalue weighted by atomic mass is 28.4. The molecule has 0 aliphatic carbocycles. The van der Waals surface area contributed by atoms with Gasteiger partial charge in [-0.3, -0.25) is 4.79 Å². The third-order valence-corrected chi connectivity index (χ3v) is 19.6. The molecule has 2 aliphatic rings. The molecule has 0 unspecified atom stereocenters. The van der Waals surface area contributed by atoms with Gasteiger partial charge in [0.1, 0.15) is 23.2 Å². The molecule has 2 heterocycles. The summed E-state index contributed by atoms with van der Waals surface area (Å²) in [5.74, 6) is -0.662. The van der Waals surface area contributed by atoms with E-state index in [0.29, 0.717) is 42.1 Å². The predicted octanol–water partition coefficient (Wildman–Crippen LogP) is 8.73. The monoisotopic (exact) mass is 724 g/mol. The summed E-state index contributed by atoms with van der Waals surface area (Å²) in [6.07, 6.45) is -0.666. The smallest absolute Gasteiger partial charge is 0.343 e. The van der Waals surface area contributed by atoms with Gasteiger partial charge in [-0.15, -0.1) is 0 Å². The molecule has 49 heavy (non-hydrogen) atoms. The van der Waals surface area contributed by atoms with Gasteiger partial charge in [-0.2, -0.15) is 0 Å². The Morgan fingerprint density at radius 1 is 0.980 bits per heavy atom. The van der Waals surface area contributed by atoms with Crippen molar-refractivity contribution < 1.29 is 46.9 Å². The maximum atomic E-state index is 13.8. The molecule has 1 fully saturated rings. The molecule has 0 aromatic heterocycles. The largest absolute Gasteiger partial charge is 0.497 e. The van der Waals surface area contributed by atoms with Crippen LogP contribution in [0.3, 0.4) is 0 Å².